The van der Waals surface area contributed by atoms with E-state index in [1.807, 2.05) is 13.0 Å². The average Bonchev–Trinajstić information content (AvgIpc) is 2.48. The van der Waals surface area contributed by atoms with Crippen LogP contribution in [0, 0.1) is 5.82 Å². The lowest BCUT2D eigenvalue weighted by atomic mass is 10.1. The highest BCUT2D eigenvalue weighted by atomic mass is 19.1. The Morgan fingerprint density at radius 3 is 2.62 bits per heavy atom. The Labute approximate surface area is 127 Å². The fraction of sp³-hybridized carbons (Fsp3) is 0.647. The first kappa shape index (κ1) is 17.9. The Balaban J connectivity index is 2.39. The molecule has 3 nitrogen and oxygen atoms in total. The van der Waals surface area contributed by atoms with Crippen molar-refractivity contribution in [3.05, 3.63) is 29.6 Å². The summed E-state index contributed by atoms with van der Waals surface area (Å²) in [5.41, 5.74) is 0.676. The largest absolute Gasteiger partial charge is 0.491 e. The summed E-state index contributed by atoms with van der Waals surface area (Å²) in [4.78, 5) is 0. The quantitative estimate of drug-likeness (QED) is 0.624. The summed E-state index contributed by atoms with van der Waals surface area (Å²) in [7, 11) is 0. The summed E-state index contributed by atoms with van der Waals surface area (Å²) in [5.74, 6) is 0.327. The lowest BCUT2D eigenvalue weighted by Gasteiger charge is -2.15. The molecule has 1 unspecified atom stereocenters. The maximum absolute atomic E-state index is 14.1. The van der Waals surface area contributed by atoms with Crippen molar-refractivity contribution in [2.75, 3.05) is 26.4 Å². The van der Waals surface area contributed by atoms with Crippen molar-refractivity contribution in [1.82, 2.24) is 5.32 Å². The predicted molar refractivity (Wildman–Crippen MR) is 84.3 cm³/mol. The SMILES string of the molecule is CCCCOCCOc1ccc(C(C)NCCC)c(F)c1. The van der Waals surface area contributed by atoms with Crippen molar-refractivity contribution in [2.24, 2.45) is 0 Å². The van der Waals surface area contributed by atoms with E-state index < -0.39 is 0 Å². The van der Waals surface area contributed by atoms with Crippen LogP contribution in [0.3, 0.4) is 0 Å². The Bertz CT molecular complexity index is 398. The van der Waals surface area contributed by atoms with Crippen molar-refractivity contribution in [2.45, 2.75) is 46.1 Å². The van der Waals surface area contributed by atoms with Gasteiger partial charge in [0, 0.05) is 24.3 Å². The fourth-order valence-electron chi connectivity index (χ4n) is 1.99. The van der Waals surface area contributed by atoms with Crippen molar-refractivity contribution >= 4 is 0 Å². The van der Waals surface area contributed by atoms with E-state index in [-0.39, 0.29) is 11.9 Å². The van der Waals surface area contributed by atoms with Gasteiger partial charge < -0.3 is 14.8 Å². The molecule has 0 amide bonds. The normalized spacial score (nSPS) is 12.4. The van der Waals surface area contributed by atoms with Gasteiger partial charge in [-0.15, -0.1) is 0 Å². The number of hydrogen-bond donors (Lipinski definition) is 1. The second-order valence-electron chi connectivity index (χ2n) is 5.17. The number of rotatable bonds is 11. The highest BCUT2D eigenvalue weighted by Crippen LogP contribution is 2.21. The molecule has 120 valence electrons. The molecule has 1 aromatic carbocycles. The first-order valence-corrected chi connectivity index (χ1v) is 7.92. The van der Waals surface area contributed by atoms with Crippen LogP contribution in [-0.4, -0.2) is 26.4 Å². The molecule has 1 rings (SSSR count). The monoisotopic (exact) mass is 297 g/mol. The van der Waals surface area contributed by atoms with Gasteiger partial charge >= 0.3 is 0 Å². The van der Waals surface area contributed by atoms with Crippen LogP contribution in [-0.2, 0) is 4.74 Å². The maximum Gasteiger partial charge on any atom is 0.131 e. The number of ether oxygens (including phenoxy) is 2. The van der Waals surface area contributed by atoms with E-state index in [1.54, 1.807) is 6.07 Å². The molecule has 0 saturated heterocycles. The molecule has 0 bridgehead atoms. The van der Waals surface area contributed by atoms with E-state index in [9.17, 15) is 4.39 Å². The molecule has 0 aliphatic carbocycles. The molecular weight excluding hydrogens is 269 g/mol. The average molecular weight is 297 g/mol. The van der Waals surface area contributed by atoms with E-state index >= 15 is 0 Å². The Hall–Kier alpha value is -1.13. The van der Waals surface area contributed by atoms with Crippen LogP contribution in [0.5, 0.6) is 5.75 Å². The molecule has 0 aromatic heterocycles. The minimum atomic E-state index is -0.226. The van der Waals surface area contributed by atoms with E-state index in [2.05, 4.69) is 19.2 Å². The maximum atomic E-state index is 14.1. The van der Waals surface area contributed by atoms with Crippen LogP contribution in [0.4, 0.5) is 4.39 Å². The molecule has 0 fully saturated rings. The molecule has 0 radical (unpaired) electrons. The highest BCUT2D eigenvalue weighted by Gasteiger charge is 2.11. The Kier molecular flexibility index (Phi) is 9.02. The molecule has 0 saturated carbocycles. The number of benzene rings is 1. The molecular formula is C17H28FNO2. The van der Waals surface area contributed by atoms with Crippen LogP contribution >= 0.6 is 0 Å². The summed E-state index contributed by atoms with van der Waals surface area (Å²) in [6, 6.07) is 5.06. The van der Waals surface area contributed by atoms with E-state index in [0.717, 1.165) is 32.4 Å². The van der Waals surface area contributed by atoms with Crippen molar-refractivity contribution in [1.29, 1.82) is 0 Å². The van der Waals surface area contributed by atoms with Gasteiger partial charge in [0.25, 0.3) is 0 Å². The van der Waals surface area contributed by atoms with Crippen LogP contribution < -0.4 is 10.1 Å². The van der Waals surface area contributed by atoms with E-state index in [4.69, 9.17) is 9.47 Å². The van der Waals surface area contributed by atoms with E-state index in [1.165, 1.54) is 6.07 Å². The zero-order chi connectivity index (χ0) is 15.5. The van der Waals surface area contributed by atoms with Gasteiger partial charge in [-0.1, -0.05) is 26.3 Å². The highest BCUT2D eigenvalue weighted by molar-refractivity contribution is 5.30. The molecule has 0 spiro atoms. The number of nitrogens with one attached hydrogen (secondary N) is 1. The molecule has 21 heavy (non-hydrogen) atoms. The number of hydrogen-bond acceptors (Lipinski definition) is 3. The lowest BCUT2D eigenvalue weighted by molar-refractivity contribution is 0.0979. The molecule has 0 aliphatic rings. The third-order valence-electron chi connectivity index (χ3n) is 3.28. The summed E-state index contributed by atoms with van der Waals surface area (Å²) in [5, 5.41) is 3.28. The van der Waals surface area contributed by atoms with Gasteiger partial charge in [-0.25, -0.2) is 4.39 Å². The smallest absolute Gasteiger partial charge is 0.131 e. The third kappa shape index (κ3) is 6.91. The predicted octanol–water partition coefficient (Wildman–Crippen LogP) is 4.08. The topological polar surface area (TPSA) is 30.5 Å². The van der Waals surface area contributed by atoms with Gasteiger partial charge in [0.1, 0.15) is 18.2 Å². The second-order valence-corrected chi connectivity index (χ2v) is 5.17. The Morgan fingerprint density at radius 2 is 1.95 bits per heavy atom. The molecule has 4 heteroatoms. The molecule has 0 aliphatic heterocycles. The minimum Gasteiger partial charge on any atom is -0.491 e. The van der Waals surface area contributed by atoms with Crippen LogP contribution in [0.2, 0.25) is 0 Å². The summed E-state index contributed by atoms with van der Waals surface area (Å²) >= 11 is 0. The Morgan fingerprint density at radius 1 is 1.14 bits per heavy atom. The zero-order valence-corrected chi connectivity index (χ0v) is 13.5. The van der Waals surface area contributed by atoms with Crippen LogP contribution in [0.25, 0.3) is 0 Å². The standard InChI is InChI=1S/C17H28FNO2/c1-4-6-10-20-11-12-21-15-7-8-16(17(18)13-15)14(3)19-9-5-2/h7-8,13-14,19H,4-6,9-12H2,1-3H3. The summed E-state index contributed by atoms with van der Waals surface area (Å²) in [6.45, 7) is 8.82. The number of halogens is 1. The minimum absolute atomic E-state index is 0.0105. The van der Waals surface area contributed by atoms with Gasteiger partial charge in [0.05, 0.1) is 6.61 Å². The second kappa shape index (κ2) is 10.6. The van der Waals surface area contributed by atoms with Crippen molar-refractivity contribution in [3.8, 4) is 5.75 Å². The van der Waals surface area contributed by atoms with Crippen LogP contribution in [0.15, 0.2) is 18.2 Å². The molecule has 1 N–H and O–H groups in total. The molecule has 1 atom stereocenters. The van der Waals surface area contributed by atoms with Gasteiger partial charge in [-0.2, -0.15) is 0 Å². The van der Waals surface area contributed by atoms with Gasteiger partial charge in [-0.05, 0) is 32.4 Å². The van der Waals surface area contributed by atoms with Crippen molar-refractivity contribution < 1.29 is 13.9 Å². The molecule has 0 heterocycles. The first-order valence-electron chi connectivity index (χ1n) is 7.92. The zero-order valence-electron chi connectivity index (χ0n) is 13.5. The lowest BCUT2D eigenvalue weighted by Crippen LogP contribution is -2.20. The van der Waals surface area contributed by atoms with E-state index in [0.29, 0.717) is 24.5 Å². The fourth-order valence-corrected chi connectivity index (χ4v) is 1.99. The van der Waals surface area contributed by atoms with Gasteiger partial charge in [0.15, 0.2) is 0 Å². The first-order chi connectivity index (χ1) is 10.2. The molecule has 1 aromatic rings. The van der Waals surface area contributed by atoms with Gasteiger partial charge in [0.2, 0.25) is 0 Å². The van der Waals surface area contributed by atoms with Gasteiger partial charge in [-0.3, -0.25) is 0 Å². The number of unbranched alkanes of at least 4 members (excludes halogenated alkanes) is 1. The third-order valence-corrected chi connectivity index (χ3v) is 3.28. The van der Waals surface area contributed by atoms with Crippen LogP contribution in [0.1, 0.15) is 51.6 Å². The van der Waals surface area contributed by atoms with Crippen molar-refractivity contribution in [3.63, 3.8) is 0 Å². The summed E-state index contributed by atoms with van der Waals surface area (Å²) < 4.78 is 25.0. The summed E-state index contributed by atoms with van der Waals surface area (Å²) in [6.07, 6.45) is 3.22.